The van der Waals surface area contributed by atoms with E-state index in [1.807, 2.05) is 0 Å². The van der Waals surface area contributed by atoms with Gasteiger partial charge in [-0.25, -0.2) is 0 Å². The van der Waals surface area contributed by atoms with Gasteiger partial charge in [0, 0.05) is 12.1 Å². The van der Waals surface area contributed by atoms with Gasteiger partial charge in [0.25, 0.3) is 0 Å². The summed E-state index contributed by atoms with van der Waals surface area (Å²) in [6.07, 6.45) is 0. The van der Waals surface area contributed by atoms with Crippen molar-refractivity contribution in [1.82, 2.24) is 0 Å². The molecule has 174 valence electrons. The van der Waals surface area contributed by atoms with E-state index in [0.29, 0.717) is 0 Å². The Balaban J connectivity index is 0.000000335. The Morgan fingerprint density at radius 2 is 0.697 bits per heavy atom. The fraction of sp³-hybridized carbons (Fsp3) is 0. The van der Waals surface area contributed by atoms with E-state index in [1.165, 1.54) is 0 Å². The van der Waals surface area contributed by atoms with Gasteiger partial charge in [-0.15, -0.1) is 0 Å². The summed E-state index contributed by atoms with van der Waals surface area (Å²) in [4.78, 5) is 56.5. The summed E-state index contributed by atoms with van der Waals surface area (Å²) >= 11 is 0. The molecule has 0 aliphatic carbocycles. The molecule has 2 aromatic rings. The minimum absolute atomic E-state index is 0.838. The molecule has 0 aliphatic heterocycles. The predicted molar refractivity (Wildman–Crippen MR) is 106 cm³/mol. The Hall–Kier alpha value is -5.76. The topological polar surface area (TPSA) is 337 Å². The molecule has 21 nitrogen and oxygen atoms in total. The summed E-state index contributed by atoms with van der Waals surface area (Å²) in [6, 6.07) is 2.69. The second-order valence-electron chi connectivity index (χ2n) is 5.47. The van der Waals surface area contributed by atoms with Crippen LogP contribution in [0.5, 0.6) is 0 Å². The van der Waals surface area contributed by atoms with Crippen LogP contribution >= 0.6 is 0 Å². The Morgan fingerprint density at radius 3 is 0.879 bits per heavy atom. The van der Waals surface area contributed by atoms with E-state index in [2.05, 4.69) is 0 Å². The van der Waals surface area contributed by atoms with Gasteiger partial charge < -0.3 is 17.2 Å². The summed E-state index contributed by atoms with van der Waals surface area (Å²) in [5.74, 6) is 0. The lowest BCUT2D eigenvalue weighted by molar-refractivity contribution is -0.441. The van der Waals surface area contributed by atoms with Crippen LogP contribution in [0.1, 0.15) is 0 Å². The molecular formula is C12H9N9O12. The first-order chi connectivity index (χ1) is 15.1. The van der Waals surface area contributed by atoms with E-state index in [-0.39, 0.29) is 0 Å². The number of nitrogens with zero attached hydrogens (tertiary/aromatic N) is 6. The maximum Gasteiger partial charge on any atom is 0.422 e. The molecule has 0 spiro atoms. The van der Waals surface area contributed by atoms with Crippen molar-refractivity contribution >= 4 is 51.2 Å². The fourth-order valence-electron chi connectivity index (χ4n) is 2.36. The zero-order chi connectivity index (χ0) is 25.8. The third-order valence-corrected chi connectivity index (χ3v) is 3.65. The number of anilines is 3. The van der Waals surface area contributed by atoms with Crippen molar-refractivity contribution in [2.24, 2.45) is 0 Å². The van der Waals surface area contributed by atoms with Gasteiger partial charge in [0.15, 0.2) is 17.1 Å². The van der Waals surface area contributed by atoms with Crippen LogP contribution in [0.2, 0.25) is 0 Å². The van der Waals surface area contributed by atoms with E-state index < -0.39 is 80.7 Å². The van der Waals surface area contributed by atoms with Gasteiger partial charge in [-0.2, -0.15) is 0 Å². The average molecular weight is 471 g/mol. The molecule has 0 radical (unpaired) electrons. The summed E-state index contributed by atoms with van der Waals surface area (Å²) in [6.45, 7) is 0. The number of nitro benzene ring substituents is 6. The number of rotatable bonds is 6. The molecule has 0 atom stereocenters. The number of nitro groups is 6. The van der Waals surface area contributed by atoms with Crippen molar-refractivity contribution < 1.29 is 29.5 Å². The van der Waals surface area contributed by atoms with Crippen molar-refractivity contribution in [2.45, 2.75) is 0 Å². The Bertz CT molecular complexity index is 1090. The first-order valence-corrected chi connectivity index (χ1v) is 7.64. The molecule has 0 saturated heterocycles. The number of hydrogen-bond acceptors (Lipinski definition) is 15. The van der Waals surface area contributed by atoms with Gasteiger partial charge in [0.2, 0.25) is 0 Å². The summed E-state index contributed by atoms with van der Waals surface area (Å²) < 4.78 is 0. The second kappa shape index (κ2) is 9.37. The molecule has 2 aromatic carbocycles. The van der Waals surface area contributed by atoms with E-state index in [1.54, 1.807) is 0 Å². The van der Waals surface area contributed by atoms with Gasteiger partial charge in [0.1, 0.15) is 0 Å². The Morgan fingerprint density at radius 1 is 0.455 bits per heavy atom. The molecule has 0 aliphatic rings. The van der Waals surface area contributed by atoms with E-state index in [9.17, 15) is 60.7 Å². The molecule has 6 N–H and O–H groups in total. The van der Waals surface area contributed by atoms with Crippen LogP contribution < -0.4 is 17.2 Å². The third kappa shape index (κ3) is 4.87. The molecule has 0 bridgehead atoms. The maximum atomic E-state index is 10.7. The standard InChI is InChI=1S/C6H6N6O6.C6H3N3O6/c7-1-4(10(13)14)2(8)6(12(17)18)3(9)5(1)11(15)16;10-7(11)4-2-1-3-5(8(12)13)6(4)9(14)15/h7-9H2;1-3H. The van der Waals surface area contributed by atoms with Crippen molar-refractivity contribution in [3.05, 3.63) is 78.9 Å². The SMILES string of the molecule is Nc1c([N+](=O)[O-])c(N)c([N+](=O)[O-])c(N)c1[N+](=O)[O-].O=[N+]([O-])c1cccc([N+](=O)[O-])c1[N+](=O)[O-]. The third-order valence-electron chi connectivity index (χ3n) is 3.65. The molecule has 0 unspecified atom stereocenters. The van der Waals surface area contributed by atoms with Gasteiger partial charge in [0.05, 0.1) is 29.5 Å². The first kappa shape index (κ1) is 25.3. The van der Waals surface area contributed by atoms with E-state index in [4.69, 9.17) is 17.2 Å². The number of hydrogen-bond donors (Lipinski definition) is 3. The van der Waals surface area contributed by atoms with Crippen molar-refractivity contribution in [1.29, 1.82) is 0 Å². The zero-order valence-corrected chi connectivity index (χ0v) is 15.5. The fourth-order valence-corrected chi connectivity index (χ4v) is 2.36. The molecule has 0 saturated carbocycles. The van der Waals surface area contributed by atoms with E-state index >= 15 is 0 Å². The van der Waals surface area contributed by atoms with Gasteiger partial charge >= 0.3 is 34.1 Å². The van der Waals surface area contributed by atoms with Crippen LogP contribution in [0.4, 0.5) is 51.2 Å². The highest BCUT2D eigenvalue weighted by molar-refractivity contribution is 5.97. The van der Waals surface area contributed by atoms with Crippen LogP contribution in [-0.2, 0) is 0 Å². The molecular weight excluding hydrogens is 462 g/mol. The Kier molecular flexibility index (Phi) is 7.18. The average Bonchev–Trinajstić information content (AvgIpc) is 2.66. The largest absolute Gasteiger partial charge is 0.422 e. The number of nitrogen functional groups attached to an aromatic ring is 3. The number of para-hydroxylation sites is 1. The quantitative estimate of drug-likeness (QED) is 0.305. The van der Waals surface area contributed by atoms with Gasteiger partial charge in [-0.1, -0.05) is 0 Å². The zero-order valence-electron chi connectivity index (χ0n) is 15.5. The minimum atomic E-state index is -1.15. The highest BCUT2D eigenvalue weighted by atomic mass is 16.7. The first-order valence-electron chi connectivity index (χ1n) is 7.64. The van der Waals surface area contributed by atoms with Crippen molar-refractivity contribution in [2.75, 3.05) is 17.2 Å². The van der Waals surface area contributed by atoms with Gasteiger partial charge in [-0.05, 0) is 6.07 Å². The predicted octanol–water partition coefficient (Wildman–Crippen LogP) is 1.57. The lowest BCUT2D eigenvalue weighted by atomic mass is 10.1. The summed E-state index contributed by atoms with van der Waals surface area (Å²) in [5.41, 5.74) is 6.57. The minimum Gasteiger partial charge on any atom is -0.387 e. The number of benzene rings is 2. The number of nitrogens with two attached hydrogens (primary N) is 3. The van der Waals surface area contributed by atoms with Gasteiger partial charge in [-0.3, -0.25) is 60.7 Å². The highest BCUT2D eigenvalue weighted by Gasteiger charge is 2.39. The smallest absolute Gasteiger partial charge is 0.387 e. The monoisotopic (exact) mass is 471 g/mol. The van der Waals surface area contributed by atoms with Crippen LogP contribution in [0.15, 0.2) is 18.2 Å². The normalized spacial score (nSPS) is 9.82. The van der Waals surface area contributed by atoms with Crippen molar-refractivity contribution in [3.63, 3.8) is 0 Å². The van der Waals surface area contributed by atoms with Crippen LogP contribution in [-0.4, -0.2) is 29.5 Å². The lowest BCUT2D eigenvalue weighted by Crippen LogP contribution is -2.10. The molecule has 2 rings (SSSR count). The Labute approximate surface area is 177 Å². The van der Waals surface area contributed by atoms with Crippen LogP contribution in [0.25, 0.3) is 0 Å². The molecule has 0 aromatic heterocycles. The molecule has 33 heavy (non-hydrogen) atoms. The molecule has 0 heterocycles. The second-order valence-corrected chi connectivity index (χ2v) is 5.47. The lowest BCUT2D eigenvalue weighted by Gasteiger charge is -2.06. The highest BCUT2D eigenvalue weighted by Crippen LogP contribution is 2.48. The van der Waals surface area contributed by atoms with E-state index in [0.717, 1.165) is 18.2 Å². The summed E-state index contributed by atoms with van der Waals surface area (Å²) in [5, 5.41) is 63.2. The van der Waals surface area contributed by atoms with Crippen LogP contribution in [0.3, 0.4) is 0 Å². The maximum absolute atomic E-state index is 10.7. The molecule has 21 heteroatoms. The van der Waals surface area contributed by atoms with Crippen molar-refractivity contribution in [3.8, 4) is 0 Å². The molecule has 0 amide bonds. The molecule has 0 fully saturated rings. The van der Waals surface area contributed by atoms with Crippen LogP contribution in [0, 0.1) is 60.7 Å². The summed E-state index contributed by atoms with van der Waals surface area (Å²) in [7, 11) is 0.